The Balaban J connectivity index is 2.20. The summed E-state index contributed by atoms with van der Waals surface area (Å²) >= 11 is 0. The minimum Gasteiger partial charge on any atom is -0.369 e. The molecule has 2 heterocycles. The zero-order valence-electron chi connectivity index (χ0n) is 6.92. The molecule has 2 rings (SSSR count). The molecule has 0 N–H and O–H groups in total. The van der Waals surface area contributed by atoms with Crippen molar-refractivity contribution < 1.29 is 4.74 Å². The first-order valence-electron chi connectivity index (χ1n) is 3.97. The average molecular weight is 141 g/mol. The third kappa shape index (κ3) is 0.722. The largest absolute Gasteiger partial charge is 0.369 e. The van der Waals surface area contributed by atoms with Crippen molar-refractivity contribution in [2.45, 2.75) is 38.0 Å². The monoisotopic (exact) mass is 141 g/mol. The highest BCUT2D eigenvalue weighted by molar-refractivity contribution is 5.01. The van der Waals surface area contributed by atoms with Crippen LogP contribution in [0.25, 0.3) is 0 Å². The molecule has 0 aromatic heterocycles. The summed E-state index contributed by atoms with van der Waals surface area (Å²) in [7, 11) is 2.19. The molecule has 2 heteroatoms. The maximum Gasteiger partial charge on any atom is 0.0786 e. The maximum absolute atomic E-state index is 5.78. The Kier molecular flexibility index (Phi) is 1.15. The minimum absolute atomic E-state index is 0.109. The zero-order valence-corrected chi connectivity index (χ0v) is 6.92. The van der Waals surface area contributed by atoms with Gasteiger partial charge in [-0.05, 0) is 27.3 Å². The number of rotatable bonds is 0. The van der Waals surface area contributed by atoms with Gasteiger partial charge in [-0.3, -0.25) is 4.90 Å². The van der Waals surface area contributed by atoms with Crippen molar-refractivity contribution in [2.75, 3.05) is 13.6 Å². The van der Waals surface area contributed by atoms with Crippen molar-refractivity contribution in [3.05, 3.63) is 0 Å². The molecule has 0 unspecified atom stereocenters. The van der Waals surface area contributed by atoms with E-state index in [2.05, 4.69) is 25.8 Å². The molecule has 0 amide bonds. The van der Waals surface area contributed by atoms with Crippen LogP contribution in [-0.4, -0.2) is 36.2 Å². The van der Waals surface area contributed by atoms with Crippen LogP contribution in [0.4, 0.5) is 0 Å². The Labute approximate surface area is 62.2 Å². The van der Waals surface area contributed by atoms with E-state index >= 15 is 0 Å². The molecule has 2 bridgehead atoms. The first-order chi connectivity index (χ1) is 4.59. The molecule has 0 spiro atoms. The second kappa shape index (κ2) is 1.74. The summed E-state index contributed by atoms with van der Waals surface area (Å²) in [6, 6.07) is 0.664. The second-order valence-corrected chi connectivity index (χ2v) is 4.03. The van der Waals surface area contributed by atoms with Crippen molar-refractivity contribution >= 4 is 0 Å². The third-order valence-electron chi connectivity index (χ3n) is 2.78. The van der Waals surface area contributed by atoms with Crippen LogP contribution in [-0.2, 0) is 4.74 Å². The molecule has 2 atom stereocenters. The molecule has 2 aliphatic heterocycles. The highest BCUT2D eigenvalue weighted by Gasteiger charge is 2.49. The van der Waals surface area contributed by atoms with Gasteiger partial charge in [-0.15, -0.1) is 0 Å². The van der Waals surface area contributed by atoms with E-state index in [-0.39, 0.29) is 5.60 Å². The Bertz CT molecular complexity index is 155. The molecule has 0 saturated carbocycles. The number of hydrogen-bond donors (Lipinski definition) is 0. The molecular formula is C8H15NO. The fourth-order valence-corrected chi connectivity index (χ4v) is 2.36. The SMILES string of the molecule is CN1C[C@H]2C[C@@H]1C(C)(C)O2. The normalized spacial score (nSPS) is 44.7. The number of morpholine rings is 1. The maximum atomic E-state index is 5.78. The van der Waals surface area contributed by atoms with Crippen LogP contribution in [0.3, 0.4) is 0 Å². The van der Waals surface area contributed by atoms with Gasteiger partial charge in [0, 0.05) is 12.6 Å². The van der Waals surface area contributed by atoms with Crippen LogP contribution in [0.15, 0.2) is 0 Å². The number of likely N-dealkylation sites (N-methyl/N-ethyl adjacent to an activating group) is 1. The fraction of sp³-hybridized carbons (Fsp3) is 1.00. The summed E-state index contributed by atoms with van der Waals surface area (Å²) in [6.45, 7) is 5.51. The van der Waals surface area contributed by atoms with E-state index in [1.807, 2.05) is 0 Å². The van der Waals surface area contributed by atoms with Gasteiger partial charge in [0.15, 0.2) is 0 Å². The number of likely N-dealkylation sites (tertiary alicyclic amines) is 1. The Morgan fingerprint density at radius 3 is 2.50 bits per heavy atom. The summed E-state index contributed by atoms with van der Waals surface area (Å²) < 4.78 is 5.78. The lowest BCUT2D eigenvalue weighted by atomic mass is 10.00. The van der Waals surface area contributed by atoms with Gasteiger partial charge in [-0.2, -0.15) is 0 Å². The van der Waals surface area contributed by atoms with Crippen LogP contribution in [0.5, 0.6) is 0 Å². The number of nitrogens with zero attached hydrogens (tertiary/aromatic N) is 1. The fourth-order valence-electron chi connectivity index (χ4n) is 2.36. The summed E-state index contributed by atoms with van der Waals surface area (Å²) in [5.41, 5.74) is 0.109. The van der Waals surface area contributed by atoms with Crippen molar-refractivity contribution in [3.8, 4) is 0 Å². The predicted octanol–water partition coefficient (Wildman–Crippen LogP) is 0.868. The summed E-state index contributed by atoms with van der Waals surface area (Å²) in [6.07, 6.45) is 1.76. The van der Waals surface area contributed by atoms with E-state index in [1.54, 1.807) is 0 Å². The van der Waals surface area contributed by atoms with Crippen LogP contribution in [0.1, 0.15) is 20.3 Å². The van der Waals surface area contributed by atoms with Crippen LogP contribution < -0.4 is 0 Å². The van der Waals surface area contributed by atoms with Gasteiger partial charge in [0.1, 0.15) is 0 Å². The second-order valence-electron chi connectivity index (χ2n) is 4.03. The van der Waals surface area contributed by atoms with E-state index in [0.29, 0.717) is 12.1 Å². The molecule has 2 aliphatic rings. The van der Waals surface area contributed by atoms with Gasteiger partial charge in [0.05, 0.1) is 11.7 Å². The molecule has 0 radical (unpaired) electrons. The summed E-state index contributed by atoms with van der Waals surface area (Å²) in [5, 5.41) is 0. The molecule has 2 saturated heterocycles. The van der Waals surface area contributed by atoms with Gasteiger partial charge in [-0.1, -0.05) is 0 Å². The van der Waals surface area contributed by atoms with Gasteiger partial charge in [-0.25, -0.2) is 0 Å². The topological polar surface area (TPSA) is 12.5 Å². The third-order valence-corrected chi connectivity index (χ3v) is 2.78. The molecule has 0 aromatic rings. The van der Waals surface area contributed by atoms with Crippen molar-refractivity contribution in [3.63, 3.8) is 0 Å². The molecule has 58 valence electrons. The quantitative estimate of drug-likeness (QED) is 0.496. The lowest BCUT2D eigenvalue weighted by molar-refractivity contribution is -0.0834. The minimum atomic E-state index is 0.109. The van der Waals surface area contributed by atoms with Crippen LogP contribution in [0, 0.1) is 0 Å². The smallest absolute Gasteiger partial charge is 0.0786 e. The summed E-state index contributed by atoms with van der Waals surface area (Å²) in [5.74, 6) is 0. The number of ether oxygens (including phenoxy) is 1. The highest BCUT2D eigenvalue weighted by atomic mass is 16.5. The van der Waals surface area contributed by atoms with E-state index in [1.165, 1.54) is 6.42 Å². The van der Waals surface area contributed by atoms with Gasteiger partial charge in [0.25, 0.3) is 0 Å². The van der Waals surface area contributed by atoms with Crippen LogP contribution >= 0.6 is 0 Å². The van der Waals surface area contributed by atoms with Gasteiger partial charge < -0.3 is 4.74 Å². The Morgan fingerprint density at radius 1 is 1.50 bits per heavy atom. The van der Waals surface area contributed by atoms with Crippen molar-refractivity contribution in [2.24, 2.45) is 0 Å². The van der Waals surface area contributed by atoms with Crippen molar-refractivity contribution in [1.82, 2.24) is 4.90 Å². The van der Waals surface area contributed by atoms with Crippen molar-refractivity contribution in [1.29, 1.82) is 0 Å². The number of hydrogen-bond acceptors (Lipinski definition) is 2. The molecule has 0 aliphatic carbocycles. The Hall–Kier alpha value is -0.0800. The highest BCUT2D eigenvalue weighted by Crippen LogP contribution is 2.38. The lowest BCUT2D eigenvalue weighted by Gasteiger charge is -2.36. The number of fused-ring (bicyclic) bond motifs is 2. The van der Waals surface area contributed by atoms with Crippen LogP contribution in [0.2, 0.25) is 0 Å². The van der Waals surface area contributed by atoms with E-state index < -0.39 is 0 Å². The predicted molar refractivity (Wildman–Crippen MR) is 40.0 cm³/mol. The lowest BCUT2D eigenvalue weighted by Crippen LogP contribution is -2.47. The van der Waals surface area contributed by atoms with Gasteiger partial charge in [0.2, 0.25) is 0 Å². The van der Waals surface area contributed by atoms with Gasteiger partial charge >= 0.3 is 0 Å². The standard InChI is InChI=1S/C8H15NO/c1-8(2)7-4-6(10-8)5-9(7)3/h6-7H,4-5H2,1-3H3/t6-,7-/m1/s1. The Morgan fingerprint density at radius 2 is 2.20 bits per heavy atom. The summed E-state index contributed by atoms with van der Waals surface area (Å²) in [4.78, 5) is 2.41. The van der Waals surface area contributed by atoms with E-state index in [4.69, 9.17) is 4.74 Å². The van der Waals surface area contributed by atoms with E-state index in [9.17, 15) is 0 Å². The van der Waals surface area contributed by atoms with E-state index in [0.717, 1.165) is 6.54 Å². The molecule has 2 nitrogen and oxygen atoms in total. The molecule has 0 aromatic carbocycles. The molecular weight excluding hydrogens is 126 g/mol. The average Bonchev–Trinajstić information content (AvgIpc) is 2.18. The first kappa shape index (κ1) is 6.62. The molecule has 2 fully saturated rings. The zero-order chi connectivity index (χ0) is 7.35. The first-order valence-corrected chi connectivity index (χ1v) is 3.97. The molecule has 10 heavy (non-hydrogen) atoms.